The minimum atomic E-state index is -0.179. The zero-order valence-corrected chi connectivity index (χ0v) is 20.1. The third kappa shape index (κ3) is 10.7. The van der Waals surface area contributed by atoms with Crippen LogP contribution in [0.2, 0.25) is 0 Å². The van der Waals surface area contributed by atoms with E-state index in [9.17, 15) is 4.79 Å². The van der Waals surface area contributed by atoms with Crippen LogP contribution in [-0.4, -0.2) is 25.0 Å². The van der Waals surface area contributed by atoms with Crippen LogP contribution in [0.1, 0.15) is 117 Å². The summed E-state index contributed by atoms with van der Waals surface area (Å²) in [5, 5.41) is 0. The van der Waals surface area contributed by atoms with E-state index in [4.69, 9.17) is 14.2 Å². The van der Waals surface area contributed by atoms with Gasteiger partial charge in [-0.15, -0.1) is 0 Å². The van der Waals surface area contributed by atoms with E-state index in [2.05, 4.69) is 26.0 Å². The van der Waals surface area contributed by atoms with Crippen molar-refractivity contribution in [3.8, 4) is 0 Å². The number of allylic oxidation sites excluding steroid dienone is 2. The Morgan fingerprint density at radius 2 is 1.68 bits per heavy atom. The van der Waals surface area contributed by atoms with Gasteiger partial charge >= 0.3 is 5.97 Å². The van der Waals surface area contributed by atoms with E-state index >= 15 is 0 Å². The Morgan fingerprint density at radius 1 is 0.968 bits per heavy atom. The highest BCUT2D eigenvalue weighted by molar-refractivity contribution is 5.79. The second-order valence-corrected chi connectivity index (χ2v) is 9.15. The summed E-state index contributed by atoms with van der Waals surface area (Å²) < 4.78 is 17.4. The molecule has 0 amide bonds. The van der Waals surface area contributed by atoms with E-state index in [0.717, 1.165) is 50.9 Å². The molecule has 4 nitrogen and oxygen atoms in total. The lowest BCUT2D eigenvalue weighted by atomic mass is 9.90. The van der Waals surface area contributed by atoms with Crippen molar-refractivity contribution in [1.29, 1.82) is 0 Å². The van der Waals surface area contributed by atoms with Gasteiger partial charge in [-0.2, -0.15) is 0 Å². The largest absolute Gasteiger partial charge is 0.465 e. The molecule has 2 saturated heterocycles. The lowest BCUT2D eigenvalue weighted by Crippen LogP contribution is -2.44. The Hall–Kier alpha value is -1.29. The van der Waals surface area contributed by atoms with Crippen molar-refractivity contribution in [2.75, 3.05) is 6.61 Å². The van der Waals surface area contributed by atoms with Crippen molar-refractivity contribution in [3.05, 3.63) is 24.0 Å². The molecule has 2 aliphatic rings. The second-order valence-electron chi connectivity index (χ2n) is 9.15. The van der Waals surface area contributed by atoms with Gasteiger partial charge in [0.15, 0.2) is 6.29 Å². The van der Waals surface area contributed by atoms with E-state index in [0.29, 0.717) is 0 Å². The SMILES string of the molecule is CCCCCCCCC/C=C\C(=C\C1OC(=O)C1CCCCCC)OC1CCCCO1. The summed E-state index contributed by atoms with van der Waals surface area (Å²) in [6.45, 7) is 5.23. The maximum absolute atomic E-state index is 12.0. The summed E-state index contributed by atoms with van der Waals surface area (Å²) in [4.78, 5) is 12.0. The smallest absolute Gasteiger partial charge is 0.313 e. The fourth-order valence-corrected chi connectivity index (χ4v) is 4.26. The summed E-state index contributed by atoms with van der Waals surface area (Å²) in [6, 6.07) is 0. The first-order valence-electron chi connectivity index (χ1n) is 13.1. The molecule has 2 rings (SSSR count). The van der Waals surface area contributed by atoms with Gasteiger partial charge in [-0.3, -0.25) is 4.79 Å². The van der Waals surface area contributed by atoms with Crippen molar-refractivity contribution in [2.45, 2.75) is 129 Å². The van der Waals surface area contributed by atoms with Gasteiger partial charge in [0.05, 0.1) is 12.5 Å². The molecule has 2 aliphatic heterocycles. The van der Waals surface area contributed by atoms with Gasteiger partial charge in [-0.1, -0.05) is 84.1 Å². The molecule has 4 heteroatoms. The Bertz CT molecular complexity index is 533. The van der Waals surface area contributed by atoms with E-state index < -0.39 is 0 Å². The van der Waals surface area contributed by atoms with Crippen LogP contribution in [0.15, 0.2) is 24.0 Å². The van der Waals surface area contributed by atoms with Gasteiger partial charge < -0.3 is 14.2 Å². The molecule has 0 aromatic heterocycles. The van der Waals surface area contributed by atoms with Crippen LogP contribution < -0.4 is 0 Å². The van der Waals surface area contributed by atoms with Crippen LogP contribution in [0, 0.1) is 5.92 Å². The topological polar surface area (TPSA) is 44.8 Å². The van der Waals surface area contributed by atoms with Gasteiger partial charge in [0.25, 0.3) is 0 Å². The molecule has 31 heavy (non-hydrogen) atoms. The first-order chi connectivity index (χ1) is 15.2. The molecule has 2 heterocycles. The fourth-order valence-electron chi connectivity index (χ4n) is 4.26. The van der Waals surface area contributed by atoms with Crippen LogP contribution in [0.3, 0.4) is 0 Å². The molecule has 0 saturated carbocycles. The van der Waals surface area contributed by atoms with Crippen LogP contribution in [-0.2, 0) is 19.0 Å². The monoisotopic (exact) mass is 434 g/mol. The third-order valence-electron chi connectivity index (χ3n) is 6.31. The van der Waals surface area contributed by atoms with Crippen LogP contribution >= 0.6 is 0 Å². The van der Waals surface area contributed by atoms with Crippen LogP contribution in [0.4, 0.5) is 0 Å². The number of rotatable bonds is 17. The average Bonchev–Trinajstić information content (AvgIpc) is 2.78. The lowest BCUT2D eigenvalue weighted by Gasteiger charge is -2.34. The minimum Gasteiger partial charge on any atom is -0.465 e. The second kappa shape index (κ2) is 16.4. The Balaban J connectivity index is 1.81. The molecule has 0 aliphatic carbocycles. The average molecular weight is 435 g/mol. The van der Waals surface area contributed by atoms with Crippen molar-refractivity contribution in [3.63, 3.8) is 0 Å². The highest BCUT2D eigenvalue weighted by Gasteiger charge is 2.40. The summed E-state index contributed by atoms with van der Waals surface area (Å²) in [7, 11) is 0. The quantitative estimate of drug-likeness (QED) is 0.102. The van der Waals surface area contributed by atoms with Crippen LogP contribution in [0.5, 0.6) is 0 Å². The molecule has 0 aromatic carbocycles. The predicted octanol–water partition coefficient (Wildman–Crippen LogP) is 7.62. The molecule has 2 fully saturated rings. The van der Waals surface area contributed by atoms with Crippen molar-refractivity contribution >= 4 is 5.97 Å². The van der Waals surface area contributed by atoms with E-state index in [1.54, 1.807) is 0 Å². The van der Waals surface area contributed by atoms with Gasteiger partial charge in [-0.05, 0) is 44.3 Å². The standard InChI is InChI=1S/C27H46O4/c1-3-5-7-9-10-11-12-13-14-18-23(30-26-20-16-17-21-29-26)22-25-24(27(28)31-25)19-15-8-6-4-2/h14,18,22,24-26H,3-13,15-17,19-21H2,1-2H3/b18-14-,23-22-. The molecular formula is C27H46O4. The Labute approximate surface area is 190 Å². The zero-order chi connectivity index (χ0) is 22.2. The number of esters is 1. The van der Waals surface area contributed by atoms with Gasteiger partial charge in [0.1, 0.15) is 11.9 Å². The van der Waals surface area contributed by atoms with Gasteiger partial charge in [-0.25, -0.2) is 0 Å². The van der Waals surface area contributed by atoms with Gasteiger partial charge in [0, 0.05) is 6.42 Å². The molecule has 0 N–H and O–H groups in total. The minimum absolute atomic E-state index is 0.0146. The Kier molecular flexibility index (Phi) is 13.7. The summed E-state index contributed by atoms with van der Waals surface area (Å²) in [6.07, 6.45) is 25.0. The zero-order valence-electron chi connectivity index (χ0n) is 20.1. The lowest BCUT2D eigenvalue weighted by molar-refractivity contribution is -0.179. The predicted molar refractivity (Wildman–Crippen MR) is 127 cm³/mol. The summed E-state index contributed by atoms with van der Waals surface area (Å²) in [5.74, 6) is 0.725. The molecule has 178 valence electrons. The molecule has 3 atom stereocenters. The number of hydrogen-bond acceptors (Lipinski definition) is 4. The van der Waals surface area contributed by atoms with Crippen molar-refractivity contribution in [2.24, 2.45) is 5.92 Å². The maximum atomic E-state index is 12.0. The van der Waals surface area contributed by atoms with Gasteiger partial charge in [0.2, 0.25) is 0 Å². The number of hydrogen-bond donors (Lipinski definition) is 0. The Morgan fingerprint density at radius 3 is 2.35 bits per heavy atom. The summed E-state index contributed by atoms with van der Waals surface area (Å²) in [5.41, 5.74) is 0. The summed E-state index contributed by atoms with van der Waals surface area (Å²) >= 11 is 0. The molecular weight excluding hydrogens is 388 g/mol. The number of cyclic esters (lactones) is 1. The molecule has 0 bridgehead atoms. The molecule has 0 radical (unpaired) electrons. The molecule has 3 unspecified atom stereocenters. The molecule has 0 spiro atoms. The highest BCUT2D eigenvalue weighted by atomic mass is 16.7. The third-order valence-corrected chi connectivity index (χ3v) is 6.31. The van der Waals surface area contributed by atoms with Crippen molar-refractivity contribution in [1.82, 2.24) is 0 Å². The van der Waals surface area contributed by atoms with Crippen LogP contribution in [0.25, 0.3) is 0 Å². The van der Waals surface area contributed by atoms with E-state index in [-0.39, 0.29) is 24.3 Å². The number of unbranched alkanes of at least 4 members (excludes halogenated alkanes) is 10. The number of ether oxygens (including phenoxy) is 3. The fraction of sp³-hybridized carbons (Fsp3) is 0.815. The highest BCUT2D eigenvalue weighted by Crippen LogP contribution is 2.30. The molecule has 0 aromatic rings. The van der Waals surface area contributed by atoms with Crippen molar-refractivity contribution < 1.29 is 19.0 Å². The first-order valence-corrected chi connectivity index (χ1v) is 13.1. The van der Waals surface area contributed by atoms with E-state index in [1.807, 2.05) is 6.08 Å². The first kappa shape index (κ1) is 26.0. The van der Waals surface area contributed by atoms with E-state index in [1.165, 1.54) is 64.2 Å². The number of carbonyl (C=O) groups excluding carboxylic acids is 1. The normalized spacial score (nSPS) is 24.3. The number of carbonyl (C=O) groups is 1. The maximum Gasteiger partial charge on any atom is 0.313 e.